The lowest BCUT2D eigenvalue weighted by Crippen LogP contribution is -2.14. The van der Waals surface area contributed by atoms with Gasteiger partial charge in [0, 0.05) is 24.5 Å². The summed E-state index contributed by atoms with van der Waals surface area (Å²) >= 11 is 0. The predicted molar refractivity (Wildman–Crippen MR) is 73.9 cm³/mol. The summed E-state index contributed by atoms with van der Waals surface area (Å²) in [5.74, 6) is 1.31. The first-order valence-corrected chi connectivity index (χ1v) is 6.48. The maximum absolute atomic E-state index is 9.21. The lowest BCUT2D eigenvalue weighted by Gasteiger charge is -2.11. The second-order valence-corrected chi connectivity index (χ2v) is 4.79. The summed E-state index contributed by atoms with van der Waals surface area (Å²) in [6, 6.07) is 11.8. The van der Waals surface area contributed by atoms with E-state index in [2.05, 4.69) is 16.4 Å². The maximum Gasteiger partial charge on any atom is 0.127 e. The summed E-state index contributed by atoms with van der Waals surface area (Å²) in [5, 5.41) is 13.4. The van der Waals surface area contributed by atoms with Gasteiger partial charge in [-0.2, -0.15) is 5.26 Å². The summed E-state index contributed by atoms with van der Waals surface area (Å²) in [5.41, 5.74) is 1.52. The van der Waals surface area contributed by atoms with Gasteiger partial charge in [-0.1, -0.05) is 18.2 Å². The average molecular weight is 253 g/mol. The monoisotopic (exact) mass is 253 g/mol. The smallest absolute Gasteiger partial charge is 0.127 e. The van der Waals surface area contributed by atoms with E-state index in [1.165, 1.54) is 0 Å². The molecule has 2 aromatic rings. The van der Waals surface area contributed by atoms with Crippen molar-refractivity contribution in [2.75, 3.05) is 25.1 Å². The SMILES string of the molecule is N#Cc1cc(NCC2CCOC2)nc2ccccc12. The van der Waals surface area contributed by atoms with E-state index in [0.717, 1.165) is 42.9 Å². The highest BCUT2D eigenvalue weighted by molar-refractivity contribution is 5.86. The summed E-state index contributed by atoms with van der Waals surface area (Å²) in [6.07, 6.45) is 1.09. The second-order valence-electron chi connectivity index (χ2n) is 4.79. The summed E-state index contributed by atoms with van der Waals surface area (Å²) in [7, 11) is 0. The molecule has 0 aliphatic carbocycles. The second kappa shape index (κ2) is 5.25. The normalized spacial score (nSPS) is 18.4. The number of aromatic nitrogens is 1. The number of nitrogens with one attached hydrogen (secondary N) is 1. The van der Waals surface area contributed by atoms with E-state index in [9.17, 15) is 5.26 Å². The molecule has 1 N–H and O–H groups in total. The van der Waals surface area contributed by atoms with Gasteiger partial charge in [-0.15, -0.1) is 0 Å². The molecule has 4 nitrogen and oxygen atoms in total. The molecule has 1 aromatic carbocycles. The van der Waals surface area contributed by atoms with Crippen molar-refractivity contribution < 1.29 is 4.74 Å². The number of benzene rings is 1. The molecule has 96 valence electrons. The van der Waals surface area contributed by atoms with Crippen LogP contribution in [0.4, 0.5) is 5.82 Å². The van der Waals surface area contributed by atoms with Gasteiger partial charge in [-0.05, 0) is 18.6 Å². The Labute approximate surface area is 112 Å². The first kappa shape index (κ1) is 11.9. The first-order chi connectivity index (χ1) is 9.36. The Morgan fingerprint density at radius 1 is 1.42 bits per heavy atom. The van der Waals surface area contributed by atoms with Crippen molar-refractivity contribution in [3.63, 3.8) is 0 Å². The van der Waals surface area contributed by atoms with Crippen LogP contribution in [0.3, 0.4) is 0 Å². The third-order valence-corrected chi connectivity index (χ3v) is 3.43. The Hall–Kier alpha value is -2.12. The minimum Gasteiger partial charge on any atom is -0.381 e. The van der Waals surface area contributed by atoms with Crippen molar-refractivity contribution in [3.05, 3.63) is 35.9 Å². The molecule has 1 aliphatic rings. The van der Waals surface area contributed by atoms with Crippen LogP contribution in [0.1, 0.15) is 12.0 Å². The van der Waals surface area contributed by atoms with Crippen LogP contribution in [0.25, 0.3) is 10.9 Å². The summed E-state index contributed by atoms with van der Waals surface area (Å²) < 4.78 is 5.35. The van der Waals surface area contributed by atoms with Crippen LogP contribution in [0, 0.1) is 17.2 Å². The molecule has 1 aliphatic heterocycles. The van der Waals surface area contributed by atoms with Gasteiger partial charge in [-0.25, -0.2) is 4.98 Å². The number of hydrogen-bond acceptors (Lipinski definition) is 4. The van der Waals surface area contributed by atoms with Crippen molar-refractivity contribution in [1.82, 2.24) is 4.98 Å². The van der Waals surface area contributed by atoms with Gasteiger partial charge in [0.1, 0.15) is 5.82 Å². The largest absolute Gasteiger partial charge is 0.381 e. The highest BCUT2D eigenvalue weighted by Crippen LogP contribution is 2.21. The lowest BCUT2D eigenvalue weighted by molar-refractivity contribution is 0.187. The van der Waals surface area contributed by atoms with E-state index < -0.39 is 0 Å². The van der Waals surface area contributed by atoms with Crippen LogP contribution >= 0.6 is 0 Å². The number of ether oxygens (including phenoxy) is 1. The number of anilines is 1. The Kier molecular flexibility index (Phi) is 3.30. The number of rotatable bonds is 3. The summed E-state index contributed by atoms with van der Waals surface area (Å²) in [6.45, 7) is 2.50. The van der Waals surface area contributed by atoms with Crippen LogP contribution in [-0.2, 0) is 4.74 Å². The zero-order valence-corrected chi connectivity index (χ0v) is 10.6. The topological polar surface area (TPSA) is 57.9 Å². The fourth-order valence-electron chi connectivity index (χ4n) is 2.35. The molecule has 1 fully saturated rings. The van der Waals surface area contributed by atoms with Crippen LogP contribution < -0.4 is 5.32 Å². The van der Waals surface area contributed by atoms with Gasteiger partial charge in [0.05, 0.1) is 23.8 Å². The van der Waals surface area contributed by atoms with Gasteiger partial charge in [-0.3, -0.25) is 0 Å². The molecule has 1 unspecified atom stereocenters. The number of fused-ring (bicyclic) bond motifs is 1. The highest BCUT2D eigenvalue weighted by Gasteiger charge is 2.15. The molecule has 0 radical (unpaired) electrons. The molecule has 3 rings (SSSR count). The minimum atomic E-state index is 0.541. The van der Waals surface area contributed by atoms with E-state index in [-0.39, 0.29) is 0 Å². The van der Waals surface area contributed by atoms with Crippen molar-refractivity contribution >= 4 is 16.7 Å². The van der Waals surface area contributed by atoms with Gasteiger partial charge in [0.2, 0.25) is 0 Å². The molecule has 0 bridgehead atoms. The predicted octanol–water partition coefficient (Wildman–Crippen LogP) is 2.55. The molecule has 0 spiro atoms. The number of hydrogen-bond donors (Lipinski definition) is 1. The maximum atomic E-state index is 9.21. The zero-order valence-electron chi connectivity index (χ0n) is 10.6. The summed E-state index contributed by atoms with van der Waals surface area (Å²) in [4.78, 5) is 4.54. The van der Waals surface area contributed by atoms with Gasteiger partial charge < -0.3 is 10.1 Å². The fraction of sp³-hybridized carbons (Fsp3) is 0.333. The Balaban J connectivity index is 1.85. The quantitative estimate of drug-likeness (QED) is 0.913. The minimum absolute atomic E-state index is 0.541. The number of para-hydroxylation sites is 1. The van der Waals surface area contributed by atoms with Gasteiger partial charge in [0.25, 0.3) is 0 Å². The molecule has 0 amide bonds. The zero-order chi connectivity index (χ0) is 13.1. The van der Waals surface area contributed by atoms with Crippen molar-refractivity contribution in [1.29, 1.82) is 5.26 Å². The van der Waals surface area contributed by atoms with E-state index in [0.29, 0.717) is 11.5 Å². The molecule has 2 heterocycles. The van der Waals surface area contributed by atoms with Crippen molar-refractivity contribution in [2.24, 2.45) is 5.92 Å². The van der Waals surface area contributed by atoms with Gasteiger partial charge >= 0.3 is 0 Å². The average Bonchev–Trinajstić information content (AvgIpc) is 2.97. The number of pyridine rings is 1. The first-order valence-electron chi connectivity index (χ1n) is 6.48. The van der Waals surface area contributed by atoms with Crippen LogP contribution in [0.15, 0.2) is 30.3 Å². The van der Waals surface area contributed by atoms with E-state index in [1.807, 2.05) is 30.3 Å². The van der Waals surface area contributed by atoms with E-state index in [1.54, 1.807) is 0 Å². The fourth-order valence-corrected chi connectivity index (χ4v) is 2.35. The highest BCUT2D eigenvalue weighted by atomic mass is 16.5. The molecule has 0 saturated carbocycles. The Morgan fingerprint density at radius 2 is 2.32 bits per heavy atom. The molecule has 4 heteroatoms. The standard InChI is InChI=1S/C15H15N3O/c16-8-12-7-15(17-9-11-5-6-19-10-11)18-14-4-2-1-3-13(12)14/h1-4,7,11H,5-6,9-10H2,(H,17,18). The Bertz CT molecular complexity index is 627. The molecule has 19 heavy (non-hydrogen) atoms. The van der Waals surface area contributed by atoms with Crippen molar-refractivity contribution in [3.8, 4) is 6.07 Å². The van der Waals surface area contributed by atoms with Crippen LogP contribution in [-0.4, -0.2) is 24.7 Å². The van der Waals surface area contributed by atoms with Crippen LogP contribution in [0.2, 0.25) is 0 Å². The molecule has 1 aromatic heterocycles. The number of nitrogens with zero attached hydrogens (tertiary/aromatic N) is 2. The van der Waals surface area contributed by atoms with E-state index >= 15 is 0 Å². The molecular weight excluding hydrogens is 238 g/mol. The molecular formula is C15H15N3O. The molecule has 1 saturated heterocycles. The van der Waals surface area contributed by atoms with E-state index in [4.69, 9.17) is 4.74 Å². The third kappa shape index (κ3) is 2.51. The van der Waals surface area contributed by atoms with Crippen LogP contribution in [0.5, 0.6) is 0 Å². The Morgan fingerprint density at radius 3 is 3.11 bits per heavy atom. The number of nitriles is 1. The third-order valence-electron chi connectivity index (χ3n) is 3.43. The van der Waals surface area contributed by atoms with Crippen molar-refractivity contribution in [2.45, 2.75) is 6.42 Å². The molecule has 1 atom stereocenters. The van der Waals surface area contributed by atoms with Gasteiger partial charge in [0.15, 0.2) is 0 Å². The lowest BCUT2D eigenvalue weighted by atomic mass is 10.1.